The van der Waals surface area contributed by atoms with Gasteiger partial charge in [-0.15, -0.1) is 0 Å². The summed E-state index contributed by atoms with van der Waals surface area (Å²) in [5, 5.41) is 19.7. The summed E-state index contributed by atoms with van der Waals surface area (Å²) < 4.78 is 9.58. The highest BCUT2D eigenvalue weighted by atomic mass is 16.5. The van der Waals surface area contributed by atoms with E-state index in [1.807, 2.05) is 41.2 Å². The van der Waals surface area contributed by atoms with Crippen molar-refractivity contribution in [2.45, 2.75) is 26.0 Å². The van der Waals surface area contributed by atoms with Gasteiger partial charge >= 0.3 is 0 Å². The van der Waals surface area contributed by atoms with Crippen LogP contribution < -0.4 is 5.32 Å². The minimum Gasteiger partial charge on any atom is -0.373 e. The number of aryl methyl sites for hydroxylation is 1. The third-order valence-electron chi connectivity index (χ3n) is 4.51. The van der Waals surface area contributed by atoms with Gasteiger partial charge in [0.15, 0.2) is 0 Å². The first-order valence-corrected chi connectivity index (χ1v) is 8.57. The van der Waals surface area contributed by atoms with Gasteiger partial charge in [0.05, 0.1) is 18.0 Å². The van der Waals surface area contributed by atoms with E-state index in [0.29, 0.717) is 11.9 Å². The second kappa shape index (κ2) is 7.02. The molecule has 0 bridgehead atoms. The Bertz CT molecular complexity index is 813. The predicted molar refractivity (Wildman–Crippen MR) is 92.3 cm³/mol. The Labute approximate surface area is 145 Å². The van der Waals surface area contributed by atoms with Crippen LogP contribution >= 0.6 is 0 Å². The molecule has 3 aromatic rings. The van der Waals surface area contributed by atoms with E-state index in [4.69, 9.17) is 4.74 Å². The van der Waals surface area contributed by atoms with Gasteiger partial charge in [0.2, 0.25) is 5.95 Å². The monoisotopic (exact) mass is 339 g/mol. The van der Waals surface area contributed by atoms with Crippen molar-refractivity contribution >= 4 is 5.95 Å². The van der Waals surface area contributed by atoms with Gasteiger partial charge in [-0.1, -0.05) is 23.3 Å². The van der Waals surface area contributed by atoms with Crippen LogP contribution in [0.15, 0.2) is 42.7 Å². The topological polar surface area (TPSA) is 82.7 Å². The van der Waals surface area contributed by atoms with Crippen LogP contribution in [0, 0.1) is 5.92 Å². The maximum Gasteiger partial charge on any atom is 0.247 e. The van der Waals surface area contributed by atoms with E-state index in [0.717, 1.165) is 37.4 Å². The summed E-state index contributed by atoms with van der Waals surface area (Å²) in [4.78, 5) is 0. The molecule has 1 aliphatic heterocycles. The van der Waals surface area contributed by atoms with Crippen LogP contribution in [-0.2, 0) is 11.3 Å². The zero-order valence-corrected chi connectivity index (χ0v) is 14.1. The van der Waals surface area contributed by atoms with Gasteiger partial charge < -0.3 is 10.1 Å². The van der Waals surface area contributed by atoms with Crippen LogP contribution in [0.5, 0.6) is 0 Å². The minimum absolute atomic E-state index is 0.0638. The van der Waals surface area contributed by atoms with E-state index in [-0.39, 0.29) is 6.10 Å². The van der Waals surface area contributed by atoms with E-state index in [1.165, 1.54) is 0 Å². The molecule has 4 rings (SSSR count). The highest BCUT2D eigenvalue weighted by molar-refractivity contribution is 5.38. The van der Waals surface area contributed by atoms with Gasteiger partial charge in [-0.25, -0.2) is 0 Å². The van der Waals surface area contributed by atoms with E-state index >= 15 is 0 Å². The first-order valence-electron chi connectivity index (χ1n) is 8.57. The second-order valence-corrected chi connectivity index (χ2v) is 6.10. The highest BCUT2D eigenvalue weighted by Crippen LogP contribution is 2.34. The van der Waals surface area contributed by atoms with Crippen molar-refractivity contribution in [2.24, 2.45) is 5.92 Å². The summed E-state index contributed by atoms with van der Waals surface area (Å²) in [5.41, 5.74) is 2.06. The van der Waals surface area contributed by atoms with Crippen molar-refractivity contribution in [2.75, 3.05) is 18.5 Å². The number of ether oxygens (including phenoxy) is 1. The molecule has 0 saturated carbocycles. The molecule has 1 saturated heterocycles. The standard InChI is InChI=1S/C17H21N7O/c1-2-23-12-14(11-19-23)16-13(8-9-25-16)10-18-17-20-21-22-24(17)15-6-4-3-5-7-15/h3-7,11-13,16H,2,8-10H2,1H3,(H,18,20,22)/t13-,16+/m0/s1. The third kappa shape index (κ3) is 3.25. The normalized spacial score (nSPS) is 20.0. The third-order valence-corrected chi connectivity index (χ3v) is 4.51. The van der Waals surface area contributed by atoms with E-state index < -0.39 is 0 Å². The lowest BCUT2D eigenvalue weighted by Crippen LogP contribution is -2.19. The van der Waals surface area contributed by atoms with Gasteiger partial charge in [-0.05, 0) is 35.9 Å². The summed E-state index contributed by atoms with van der Waals surface area (Å²) in [6.45, 7) is 4.45. The molecule has 8 heteroatoms. The fourth-order valence-electron chi connectivity index (χ4n) is 3.17. The number of benzene rings is 1. The summed E-state index contributed by atoms with van der Waals surface area (Å²) in [6.07, 6.45) is 5.04. The molecule has 0 spiro atoms. The Kier molecular flexibility index (Phi) is 4.43. The molecule has 1 N–H and O–H groups in total. The lowest BCUT2D eigenvalue weighted by atomic mass is 9.97. The number of anilines is 1. The molecule has 0 aliphatic carbocycles. The number of nitrogens with zero attached hydrogens (tertiary/aromatic N) is 6. The molecule has 2 atom stereocenters. The number of hydrogen-bond donors (Lipinski definition) is 1. The Balaban J connectivity index is 1.45. The first-order chi connectivity index (χ1) is 12.3. The van der Waals surface area contributed by atoms with Crippen LogP contribution in [0.1, 0.15) is 25.0 Å². The zero-order valence-electron chi connectivity index (χ0n) is 14.1. The maximum absolute atomic E-state index is 5.94. The molecule has 1 aliphatic rings. The molecule has 130 valence electrons. The van der Waals surface area contributed by atoms with E-state index in [2.05, 4.69) is 39.1 Å². The Morgan fingerprint density at radius 1 is 1.28 bits per heavy atom. The maximum atomic E-state index is 5.94. The Morgan fingerprint density at radius 2 is 2.16 bits per heavy atom. The van der Waals surface area contributed by atoms with Crippen LogP contribution in [-0.4, -0.2) is 43.1 Å². The van der Waals surface area contributed by atoms with Crippen molar-refractivity contribution < 1.29 is 4.74 Å². The highest BCUT2D eigenvalue weighted by Gasteiger charge is 2.30. The fraction of sp³-hybridized carbons (Fsp3) is 0.412. The van der Waals surface area contributed by atoms with Crippen molar-refractivity contribution in [1.29, 1.82) is 0 Å². The summed E-state index contributed by atoms with van der Waals surface area (Å²) in [7, 11) is 0. The smallest absolute Gasteiger partial charge is 0.247 e. The SMILES string of the molecule is CCn1cc([C@@H]2OCC[C@H]2CNc2nnnn2-c2ccccc2)cn1. The number of rotatable bonds is 6. The molecule has 25 heavy (non-hydrogen) atoms. The van der Waals surface area contributed by atoms with Gasteiger partial charge in [0, 0.05) is 37.4 Å². The average Bonchev–Trinajstić information content (AvgIpc) is 3.39. The molecule has 8 nitrogen and oxygen atoms in total. The Morgan fingerprint density at radius 3 is 2.96 bits per heavy atom. The number of aromatic nitrogens is 6. The van der Waals surface area contributed by atoms with Crippen molar-refractivity contribution in [3.8, 4) is 5.69 Å². The molecule has 1 aromatic carbocycles. The molecule has 0 unspecified atom stereocenters. The first kappa shape index (κ1) is 15.8. The molecular weight excluding hydrogens is 318 g/mol. The van der Waals surface area contributed by atoms with Gasteiger partial charge in [0.1, 0.15) is 0 Å². The van der Waals surface area contributed by atoms with E-state index in [9.17, 15) is 0 Å². The van der Waals surface area contributed by atoms with Gasteiger partial charge in [-0.3, -0.25) is 4.68 Å². The van der Waals surface area contributed by atoms with Crippen molar-refractivity contribution in [3.05, 3.63) is 48.3 Å². The molecular formula is C17H21N7O. The van der Waals surface area contributed by atoms with Crippen LogP contribution in [0.3, 0.4) is 0 Å². The molecule has 2 aromatic heterocycles. The quantitative estimate of drug-likeness (QED) is 0.740. The minimum atomic E-state index is 0.0638. The van der Waals surface area contributed by atoms with Crippen molar-refractivity contribution in [1.82, 2.24) is 30.0 Å². The molecule has 0 radical (unpaired) electrons. The lowest BCUT2D eigenvalue weighted by molar-refractivity contribution is 0.0932. The van der Waals surface area contributed by atoms with Gasteiger partial charge in [0.25, 0.3) is 0 Å². The van der Waals surface area contributed by atoms with Gasteiger partial charge in [-0.2, -0.15) is 9.78 Å². The second-order valence-electron chi connectivity index (χ2n) is 6.10. The molecule has 0 amide bonds. The fourth-order valence-corrected chi connectivity index (χ4v) is 3.17. The van der Waals surface area contributed by atoms with Crippen LogP contribution in [0.4, 0.5) is 5.95 Å². The number of para-hydroxylation sites is 1. The summed E-state index contributed by atoms with van der Waals surface area (Å²) in [6, 6.07) is 9.85. The van der Waals surface area contributed by atoms with Crippen molar-refractivity contribution in [3.63, 3.8) is 0 Å². The summed E-state index contributed by atoms with van der Waals surface area (Å²) >= 11 is 0. The largest absolute Gasteiger partial charge is 0.373 e. The molecule has 3 heterocycles. The average molecular weight is 339 g/mol. The zero-order chi connectivity index (χ0) is 17.1. The van der Waals surface area contributed by atoms with E-state index in [1.54, 1.807) is 4.68 Å². The number of hydrogen-bond acceptors (Lipinski definition) is 6. The Hall–Kier alpha value is -2.74. The lowest BCUT2D eigenvalue weighted by Gasteiger charge is -2.18. The number of nitrogens with one attached hydrogen (secondary N) is 1. The van der Waals surface area contributed by atoms with Crippen LogP contribution in [0.25, 0.3) is 5.69 Å². The number of tetrazole rings is 1. The molecule has 1 fully saturated rings. The summed E-state index contributed by atoms with van der Waals surface area (Å²) in [5.74, 6) is 0.997. The van der Waals surface area contributed by atoms with Crippen LogP contribution in [0.2, 0.25) is 0 Å². The predicted octanol–water partition coefficient (Wildman–Crippen LogP) is 2.07.